The lowest BCUT2D eigenvalue weighted by Gasteiger charge is -2.37. The third-order valence-corrected chi connectivity index (χ3v) is 5.26. The third kappa shape index (κ3) is 6.61. The van der Waals surface area contributed by atoms with Gasteiger partial charge in [-0.2, -0.15) is 0 Å². The number of β-amino-alcohol motifs (C(OH)–C–C–N with tert-alkyl or cyclic N) is 1. The Morgan fingerprint density at radius 1 is 1.20 bits per heavy atom. The third-order valence-electron chi connectivity index (χ3n) is 5.26. The molecule has 0 bridgehead atoms. The molecule has 1 saturated heterocycles. The molecule has 1 aliphatic heterocycles. The van der Waals surface area contributed by atoms with Gasteiger partial charge in [0, 0.05) is 24.5 Å². The Kier molecular flexibility index (Phi) is 7.56. The number of nitrogens with one attached hydrogen (secondary N) is 1. The Hall–Kier alpha value is -2.31. The molecule has 2 N–H and O–H groups in total. The van der Waals surface area contributed by atoms with Crippen molar-refractivity contribution in [2.45, 2.75) is 57.8 Å². The van der Waals surface area contributed by atoms with E-state index in [-0.39, 0.29) is 12.6 Å². The summed E-state index contributed by atoms with van der Waals surface area (Å²) >= 11 is 0. The number of rotatable bonds is 7. The quantitative estimate of drug-likeness (QED) is 0.718. The van der Waals surface area contributed by atoms with Gasteiger partial charge in [0.15, 0.2) is 0 Å². The molecule has 0 saturated carbocycles. The number of hydrogen-bond acceptors (Lipinski definition) is 5. The van der Waals surface area contributed by atoms with Crippen molar-refractivity contribution in [1.82, 2.24) is 10.2 Å². The molecule has 0 radical (unpaired) electrons. The van der Waals surface area contributed by atoms with Gasteiger partial charge in [-0.3, -0.25) is 4.90 Å². The van der Waals surface area contributed by atoms with Crippen LogP contribution in [-0.2, 0) is 4.74 Å². The van der Waals surface area contributed by atoms with Crippen molar-refractivity contribution >= 4 is 16.9 Å². The van der Waals surface area contributed by atoms with Gasteiger partial charge in [0.05, 0.1) is 0 Å². The van der Waals surface area contributed by atoms with E-state index < -0.39 is 17.8 Å². The fraction of sp³-hybridized carbons (Fsp3) is 0.542. The van der Waals surface area contributed by atoms with Crippen molar-refractivity contribution in [3.05, 3.63) is 42.5 Å². The van der Waals surface area contributed by atoms with Crippen molar-refractivity contribution in [3.8, 4) is 5.75 Å². The van der Waals surface area contributed by atoms with Crippen molar-refractivity contribution in [1.29, 1.82) is 0 Å². The standard InChI is InChI=1S/C24H34N2O4/c1-24(2,3)30-23(28)25-15-19-11-6-7-14-26(19)16-20(27)17-29-22-13-8-10-18-9-4-5-12-21(18)22/h4-5,8-10,12-13,19-20,27H,6-7,11,14-17H2,1-3H3,(H,25,28). The number of carbonyl (C=O) groups excluding carboxylic acids is 1. The lowest BCUT2D eigenvalue weighted by molar-refractivity contribution is 0.0340. The van der Waals surface area contributed by atoms with E-state index in [0.717, 1.165) is 42.3 Å². The van der Waals surface area contributed by atoms with Crippen LogP contribution in [0.25, 0.3) is 10.8 Å². The zero-order chi connectivity index (χ0) is 21.6. The summed E-state index contributed by atoms with van der Waals surface area (Å²) in [6, 6.07) is 14.2. The number of alkyl carbamates (subject to hydrolysis) is 1. The molecule has 0 aromatic heterocycles. The average Bonchev–Trinajstić information content (AvgIpc) is 2.70. The molecule has 164 valence electrons. The number of hydrogen-bond donors (Lipinski definition) is 2. The first-order chi connectivity index (χ1) is 14.3. The van der Waals surface area contributed by atoms with E-state index in [0.29, 0.717) is 13.1 Å². The van der Waals surface area contributed by atoms with E-state index in [2.05, 4.69) is 22.3 Å². The first kappa shape index (κ1) is 22.4. The topological polar surface area (TPSA) is 71.0 Å². The van der Waals surface area contributed by atoms with Crippen LogP contribution in [-0.4, -0.2) is 60.1 Å². The molecule has 1 aliphatic rings. The van der Waals surface area contributed by atoms with Crippen molar-refractivity contribution in [3.63, 3.8) is 0 Å². The molecule has 1 fully saturated rings. The van der Waals surface area contributed by atoms with Crippen LogP contribution in [0.4, 0.5) is 4.79 Å². The number of ether oxygens (including phenoxy) is 2. The van der Waals surface area contributed by atoms with Crippen LogP contribution in [0.2, 0.25) is 0 Å². The number of amides is 1. The number of nitrogens with zero attached hydrogens (tertiary/aromatic N) is 1. The number of aliphatic hydroxyl groups is 1. The molecule has 2 unspecified atom stereocenters. The van der Waals surface area contributed by atoms with Gasteiger partial charge < -0.3 is 19.9 Å². The van der Waals surface area contributed by atoms with Crippen LogP contribution in [0.3, 0.4) is 0 Å². The Bertz CT molecular complexity index is 828. The van der Waals surface area contributed by atoms with Gasteiger partial charge in [-0.05, 0) is 51.6 Å². The second-order valence-corrected chi connectivity index (χ2v) is 8.97. The van der Waals surface area contributed by atoms with E-state index >= 15 is 0 Å². The molecule has 30 heavy (non-hydrogen) atoms. The largest absolute Gasteiger partial charge is 0.490 e. The molecular formula is C24H34N2O4. The number of fused-ring (bicyclic) bond motifs is 1. The highest BCUT2D eigenvalue weighted by molar-refractivity contribution is 5.88. The Morgan fingerprint density at radius 2 is 1.97 bits per heavy atom. The molecule has 3 rings (SSSR count). The minimum absolute atomic E-state index is 0.193. The maximum absolute atomic E-state index is 12.0. The minimum Gasteiger partial charge on any atom is -0.490 e. The van der Waals surface area contributed by atoms with Gasteiger partial charge in [0.25, 0.3) is 0 Å². The second-order valence-electron chi connectivity index (χ2n) is 8.97. The summed E-state index contributed by atoms with van der Waals surface area (Å²) in [7, 11) is 0. The van der Waals surface area contributed by atoms with E-state index in [1.54, 1.807) is 0 Å². The Morgan fingerprint density at radius 3 is 2.77 bits per heavy atom. The van der Waals surface area contributed by atoms with Gasteiger partial charge in [-0.25, -0.2) is 4.79 Å². The highest BCUT2D eigenvalue weighted by atomic mass is 16.6. The molecule has 2 atom stereocenters. The predicted molar refractivity (Wildman–Crippen MR) is 119 cm³/mol. The van der Waals surface area contributed by atoms with Crippen LogP contribution in [0.5, 0.6) is 5.75 Å². The lowest BCUT2D eigenvalue weighted by Crippen LogP contribution is -2.50. The summed E-state index contributed by atoms with van der Waals surface area (Å²) in [4.78, 5) is 14.2. The maximum atomic E-state index is 12.0. The summed E-state index contributed by atoms with van der Waals surface area (Å²) < 4.78 is 11.3. The van der Waals surface area contributed by atoms with Crippen molar-refractivity contribution in [2.75, 3.05) is 26.2 Å². The van der Waals surface area contributed by atoms with Gasteiger partial charge in [-0.1, -0.05) is 42.8 Å². The molecule has 2 aromatic carbocycles. The monoisotopic (exact) mass is 414 g/mol. The normalized spacial score (nSPS) is 18.7. The number of likely N-dealkylation sites (tertiary alicyclic amines) is 1. The number of piperidine rings is 1. The first-order valence-corrected chi connectivity index (χ1v) is 10.8. The second kappa shape index (κ2) is 10.1. The van der Waals surface area contributed by atoms with Crippen molar-refractivity contribution < 1.29 is 19.4 Å². The van der Waals surface area contributed by atoms with Crippen LogP contribution >= 0.6 is 0 Å². The Labute approximate surface area is 179 Å². The molecule has 6 heteroatoms. The fourth-order valence-electron chi connectivity index (χ4n) is 3.88. The fourth-order valence-corrected chi connectivity index (χ4v) is 3.88. The summed E-state index contributed by atoms with van der Waals surface area (Å²) in [6.07, 6.45) is 2.21. The van der Waals surface area contributed by atoms with Gasteiger partial charge >= 0.3 is 6.09 Å². The van der Waals surface area contributed by atoms with E-state index in [1.165, 1.54) is 0 Å². The smallest absolute Gasteiger partial charge is 0.407 e. The first-order valence-electron chi connectivity index (χ1n) is 10.8. The van der Waals surface area contributed by atoms with E-state index in [4.69, 9.17) is 9.47 Å². The zero-order valence-electron chi connectivity index (χ0n) is 18.3. The van der Waals surface area contributed by atoms with Gasteiger partial charge in [0.1, 0.15) is 24.1 Å². The SMILES string of the molecule is CC(C)(C)OC(=O)NCC1CCCCN1CC(O)COc1cccc2ccccc12. The molecular weight excluding hydrogens is 380 g/mol. The van der Waals surface area contributed by atoms with Crippen LogP contribution in [0.1, 0.15) is 40.0 Å². The van der Waals surface area contributed by atoms with Gasteiger partial charge in [-0.15, -0.1) is 0 Å². The zero-order valence-corrected chi connectivity index (χ0v) is 18.3. The lowest BCUT2D eigenvalue weighted by atomic mass is 10.0. The van der Waals surface area contributed by atoms with E-state index in [9.17, 15) is 9.90 Å². The molecule has 1 heterocycles. The molecule has 0 spiro atoms. The summed E-state index contributed by atoms with van der Waals surface area (Å²) in [5.41, 5.74) is -0.508. The van der Waals surface area contributed by atoms with Crippen molar-refractivity contribution in [2.24, 2.45) is 0 Å². The highest BCUT2D eigenvalue weighted by Gasteiger charge is 2.26. The molecule has 6 nitrogen and oxygen atoms in total. The summed E-state index contributed by atoms with van der Waals surface area (Å²) in [5, 5.41) is 15.6. The van der Waals surface area contributed by atoms with Crippen LogP contribution in [0.15, 0.2) is 42.5 Å². The van der Waals surface area contributed by atoms with Crippen LogP contribution < -0.4 is 10.1 Å². The van der Waals surface area contributed by atoms with Crippen LogP contribution in [0, 0.1) is 0 Å². The van der Waals surface area contributed by atoms with Gasteiger partial charge in [0.2, 0.25) is 0 Å². The number of carbonyl (C=O) groups is 1. The number of benzene rings is 2. The summed E-state index contributed by atoms with van der Waals surface area (Å²) in [5.74, 6) is 0.786. The highest BCUT2D eigenvalue weighted by Crippen LogP contribution is 2.25. The average molecular weight is 415 g/mol. The summed E-state index contributed by atoms with van der Waals surface area (Å²) in [6.45, 7) is 7.74. The molecule has 1 amide bonds. The van der Waals surface area contributed by atoms with E-state index in [1.807, 2.05) is 51.1 Å². The Balaban J connectivity index is 1.51. The minimum atomic E-state index is -0.605. The number of aliphatic hydroxyl groups excluding tert-OH is 1. The predicted octanol–water partition coefficient (Wildman–Crippen LogP) is 3.96. The molecule has 2 aromatic rings. The maximum Gasteiger partial charge on any atom is 0.407 e. The molecule has 0 aliphatic carbocycles.